The van der Waals surface area contributed by atoms with Gasteiger partial charge in [0.2, 0.25) is 5.91 Å². The topological polar surface area (TPSA) is 46.3 Å². The zero-order valence-corrected chi connectivity index (χ0v) is 8.62. The highest BCUT2D eigenvalue weighted by Gasteiger charge is 2.23. The summed E-state index contributed by atoms with van der Waals surface area (Å²) < 4.78 is 0. The van der Waals surface area contributed by atoms with Gasteiger partial charge in [0.05, 0.1) is 6.04 Å². The third kappa shape index (κ3) is 2.69. The third-order valence-electron chi connectivity index (χ3n) is 2.86. The molecule has 76 valence electrons. The summed E-state index contributed by atoms with van der Waals surface area (Å²) in [5, 5.41) is 0. The largest absolute Gasteiger partial charge is 0.341 e. The normalized spacial score (nSPS) is 21.2. The van der Waals surface area contributed by atoms with Crippen LogP contribution in [0.5, 0.6) is 0 Å². The van der Waals surface area contributed by atoms with E-state index >= 15 is 0 Å². The van der Waals surface area contributed by atoms with Crippen LogP contribution < -0.4 is 5.73 Å². The van der Waals surface area contributed by atoms with E-state index in [1.807, 2.05) is 11.9 Å². The minimum Gasteiger partial charge on any atom is -0.341 e. The Morgan fingerprint density at radius 3 is 2.38 bits per heavy atom. The summed E-state index contributed by atoms with van der Waals surface area (Å²) in [4.78, 5) is 13.4. The van der Waals surface area contributed by atoms with Crippen molar-refractivity contribution in [2.24, 2.45) is 5.73 Å². The van der Waals surface area contributed by atoms with E-state index in [9.17, 15) is 4.79 Å². The number of nitrogens with two attached hydrogens (primary N) is 1. The van der Waals surface area contributed by atoms with Gasteiger partial charge in [-0.05, 0) is 19.8 Å². The lowest BCUT2D eigenvalue weighted by Gasteiger charge is -2.32. The van der Waals surface area contributed by atoms with Crippen molar-refractivity contribution >= 4 is 5.91 Å². The lowest BCUT2D eigenvalue weighted by molar-refractivity contribution is -0.133. The zero-order valence-electron chi connectivity index (χ0n) is 8.62. The maximum Gasteiger partial charge on any atom is 0.239 e. The lowest BCUT2D eigenvalue weighted by Crippen LogP contribution is -2.45. The highest BCUT2D eigenvalue weighted by Crippen LogP contribution is 2.21. The summed E-state index contributed by atoms with van der Waals surface area (Å²) >= 11 is 0. The minimum absolute atomic E-state index is 0.0758. The van der Waals surface area contributed by atoms with Crippen LogP contribution in [-0.2, 0) is 4.79 Å². The minimum atomic E-state index is -0.355. The molecule has 1 aliphatic rings. The van der Waals surface area contributed by atoms with Gasteiger partial charge in [-0.25, -0.2) is 0 Å². The first kappa shape index (κ1) is 10.5. The van der Waals surface area contributed by atoms with E-state index in [0.717, 1.165) is 12.8 Å². The van der Waals surface area contributed by atoms with Gasteiger partial charge in [-0.15, -0.1) is 0 Å². The van der Waals surface area contributed by atoms with Crippen LogP contribution in [0, 0.1) is 0 Å². The van der Waals surface area contributed by atoms with Crippen LogP contribution in [0.2, 0.25) is 0 Å². The molecule has 1 fully saturated rings. The molecule has 3 heteroatoms. The van der Waals surface area contributed by atoms with Gasteiger partial charge >= 0.3 is 0 Å². The molecule has 0 saturated heterocycles. The first-order valence-electron chi connectivity index (χ1n) is 5.15. The second-order valence-electron chi connectivity index (χ2n) is 4.03. The fourth-order valence-electron chi connectivity index (χ4n) is 1.97. The molecule has 1 rings (SSSR count). The molecule has 0 aliphatic heterocycles. The average Bonchev–Trinajstić information content (AvgIpc) is 2.17. The molecule has 0 unspecified atom stereocenters. The molecule has 0 aromatic heterocycles. The SMILES string of the molecule is C[C@H](N)C(=O)N(C)C1CCCCC1. The first-order chi connectivity index (χ1) is 6.13. The Morgan fingerprint density at radius 1 is 1.38 bits per heavy atom. The van der Waals surface area contributed by atoms with Crippen molar-refractivity contribution in [3.05, 3.63) is 0 Å². The predicted molar refractivity (Wildman–Crippen MR) is 53.3 cm³/mol. The Kier molecular flexibility index (Phi) is 3.72. The number of hydrogen-bond acceptors (Lipinski definition) is 2. The highest BCUT2D eigenvalue weighted by molar-refractivity contribution is 5.81. The molecular formula is C10H20N2O. The number of carbonyl (C=O) groups is 1. The Labute approximate surface area is 80.3 Å². The quantitative estimate of drug-likeness (QED) is 0.699. The van der Waals surface area contributed by atoms with Crippen LogP contribution in [-0.4, -0.2) is 29.9 Å². The van der Waals surface area contributed by atoms with E-state index in [0.29, 0.717) is 6.04 Å². The van der Waals surface area contributed by atoms with Crippen LogP contribution in [0.1, 0.15) is 39.0 Å². The van der Waals surface area contributed by atoms with Gasteiger partial charge < -0.3 is 10.6 Å². The molecule has 1 amide bonds. The van der Waals surface area contributed by atoms with Crippen molar-refractivity contribution in [1.82, 2.24) is 4.90 Å². The van der Waals surface area contributed by atoms with E-state index < -0.39 is 0 Å². The van der Waals surface area contributed by atoms with Crippen LogP contribution in [0.4, 0.5) is 0 Å². The van der Waals surface area contributed by atoms with Crippen molar-refractivity contribution in [3.63, 3.8) is 0 Å². The Balaban J connectivity index is 2.45. The number of hydrogen-bond donors (Lipinski definition) is 1. The van der Waals surface area contributed by atoms with E-state index in [1.165, 1.54) is 19.3 Å². The highest BCUT2D eigenvalue weighted by atomic mass is 16.2. The molecule has 0 spiro atoms. The van der Waals surface area contributed by atoms with Gasteiger partial charge in [0, 0.05) is 13.1 Å². The number of nitrogens with zero attached hydrogens (tertiary/aromatic N) is 1. The maximum atomic E-state index is 11.5. The first-order valence-corrected chi connectivity index (χ1v) is 5.15. The number of amides is 1. The maximum absolute atomic E-state index is 11.5. The van der Waals surface area contributed by atoms with E-state index in [1.54, 1.807) is 6.92 Å². The molecule has 1 saturated carbocycles. The Hall–Kier alpha value is -0.570. The van der Waals surface area contributed by atoms with E-state index in [4.69, 9.17) is 5.73 Å². The summed E-state index contributed by atoms with van der Waals surface area (Å²) in [6, 6.07) is 0.0826. The third-order valence-corrected chi connectivity index (χ3v) is 2.86. The van der Waals surface area contributed by atoms with Gasteiger partial charge in [0.15, 0.2) is 0 Å². The number of likely N-dealkylation sites (N-methyl/N-ethyl adjacent to an activating group) is 1. The predicted octanol–water partition coefficient (Wildman–Crippen LogP) is 1.12. The van der Waals surface area contributed by atoms with Gasteiger partial charge in [-0.3, -0.25) is 4.79 Å². The lowest BCUT2D eigenvalue weighted by atomic mass is 9.94. The van der Waals surface area contributed by atoms with Crippen molar-refractivity contribution in [2.45, 2.75) is 51.1 Å². The summed E-state index contributed by atoms with van der Waals surface area (Å²) in [7, 11) is 1.88. The van der Waals surface area contributed by atoms with Crippen LogP contribution in [0.25, 0.3) is 0 Å². The van der Waals surface area contributed by atoms with Crippen molar-refractivity contribution in [2.75, 3.05) is 7.05 Å². The summed E-state index contributed by atoms with van der Waals surface area (Å²) in [5.74, 6) is 0.0758. The van der Waals surface area contributed by atoms with Crippen molar-refractivity contribution in [3.8, 4) is 0 Å². The number of rotatable bonds is 2. The fourth-order valence-corrected chi connectivity index (χ4v) is 1.97. The fraction of sp³-hybridized carbons (Fsp3) is 0.900. The molecule has 13 heavy (non-hydrogen) atoms. The number of carbonyl (C=O) groups excluding carboxylic acids is 1. The molecule has 0 aromatic rings. The molecule has 0 radical (unpaired) electrons. The Bertz CT molecular complexity index is 174. The zero-order chi connectivity index (χ0) is 9.84. The second-order valence-corrected chi connectivity index (χ2v) is 4.03. The molecule has 1 aliphatic carbocycles. The molecule has 2 N–H and O–H groups in total. The smallest absolute Gasteiger partial charge is 0.239 e. The average molecular weight is 184 g/mol. The molecule has 0 bridgehead atoms. The van der Waals surface area contributed by atoms with E-state index in [2.05, 4.69) is 0 Å². The summed E-state index contributed by atoms with van der Waals surface area (Å²) in [6.45, 7) is 1.75. The molecule has 0 aromatic carbocycles. The summed E-state index contributed by atoms with van der Waals surface area (Å²) in [5.41, 5.74) is 5.55. The van der Waals surface area contributed by atoms with E-state index in [-0.39, 0.29) is 11.9 Å². The second kappa shape index (κ2) is 4.61. The molecule has 1 atom stereocenters. The van der Waals surface area contributed by atoms with Crippen LogP contribution >= 0.6 is 0 Å². The van der Waals surface area contributed by atoms with Gasteiger partial charge in [-0.1, -0.05) is 19.3 Å². The monoisotopic (exact) mass is 184 g/mol. The van der Waals surface area contributed by atoms with Crippen LogP contribution in [0.15, 0.2) is 0 Å². The standard InChI is InChI=1S/C10H20N2O/c1-8(11)10(13)12(2)9-6-4-3-5-7-9/h8-9H,3-7,11H2,1-2H3/t8-/m0/s1. The van der Waals surface area contributed by atoms with Gasteiger partial charge in [-0.2, -0.15) is 0 Å². The molecular weight excluding hydrogens is 164 g/mol. The molecule has 3 nitrogen and oxygen atoms in total. The van der Waals surface area contributed by atoms with Crippen LogP contribution in [0.3, 0.4) is 0 Å². The van der Waals surface area contributed by atoms with Gasteiger partial charge in [0.25, 0.3) is 0 Å². The van der Waals surface area contributed by atoms with Gasteiger partial charge in [0.1, 0.15) is 0 Å². The summed E-state index contributed by atoms with van der Waals surface area (Å²) in [6.07, 6.45) is 6.11. The van der Waals surface area contributed by atoms with Crippen molar-refractivity contribution in [1.29, 1.82) is 0 Å². The Morgan fingerprint density at radius 2 is 1.92 bits per heavy atom. The van der Waals surface area contributed by atoms with Crippen molar-refractivity contribution < 1.29 is 4.79 Å². The molecule has 0 heterocycles.